The van der Waals surface area contributed by atoms with Gasteiger partial charge in [-0.2, -0.15) is 0 Å². The number of nitrogens with one attached hydrogen (secondary N) is 2. The number of allylic oxidation sites excluding steroid dienone is 3. The third-order valence-corrected chi connectivity index (χ3v) is 5.04. The van der Waals surface area contributed by atoms with Gasteiger partial charge in [-0.15, -0.1) is 0 Å². The third-order valence-electron chi connectivity index (χ3n) is 4.51. The summed E-state index contributed by atoms with van der Waals surface area (Å²) in [5, 5.41) is 16.9. The Labute approximate surface area is 180 Å². The lowest BCUT2D eigenvalue weighted by Gasteiger charge is -2.17. The first kappa shape index (κ1) is 21.4. The molecule has 0 saturated carbocycles. The van der Waals surface area contributed by atoms with Gasteiger partial charge < -0.3 is 15.7 Å². The molecule has 7 heteroatoms. The van der Waals surface area contributed by atoms with E-state index in [0.29, 0.717) is 22.0 Å². The second-order valence-corrected chi connectivity index (χ2v) is 7.99. The van der Waals surface area contributed by atoms with Crippen LogP contribution in [0.3, 0.4) is 0 Å². The van der Waals surface area contributed by atoms with E-state index in [1.54, 1.807) is 24.4 Å². The number of amides is 1. The highest BCUT2D eigenvalue weighted by Gasteiger charge is 2.21. The molecule has 0 unspecified atom stereocenters. The molecular formula is C22H23Cl2N3O2. The molecule has 0 aliphatic heterocycles. The minimum Gasteiger partial charge on any atom is -0.394 e. The normalized spacial score (nSPS) is 14.4. The average Bonchev–Trinajstić information content (AvgIpc) is 3.17. The lowest BCUT2D eigenvalue weighted by atomic mass is 10.1. The van der Waals surface area contributed by atoms with Gasteiger partial charge in [0.15, 0.2) is 0 Å². The van der Waals surface area contributed by atoms with Crippen molar-refractivity contribution in [3.63, 3.8) is 0 Å². The van der Waals surface area contributed by atoms with Gasteiger partial charge in [0.1, 0.15) is 5.82 Å². The van der Waals surface area contributed by atoms with Gasteiger partial charge >= 0.3 is 0 Å². The zero-order valence-electron chi connectivity index (χ0n) is 16.2. The van der Waals surface area contributed by atoms with Crippen LogP contribution >= 0.6 is 23.2 Å². The molecule has 1 aliphatic rings. The SMILES string of the molecule is CC(C)Nc1cc(C2=CCC(C(=O)N[C@H](CO)c3cccc(Cl)c3)=C2)c(Cl)cn1. The Morgan fingerprint density at radius 1 is 1.28 bits per heavy atom. The van der Waals surface area contributed by atoms with Gasteiger partial charge in [-0.25, -0.2) is 4.98 Å². The maximum absolute atomic E-state index is 12.7. The molecule has 0 fully saturated rings. The molecule has 1 aromatic carbocycles. The van der Waals surface area contributed by atoms with E-state index in [-0.39, 0.29) is 18.6 Å². The van der Waals surface area contributed by atoms with Crippen LogP contribution in [-0.4, -0.2) is 28.6 Å². The zero-order valence-corrected chi connectivity index (χ0v) is 17.8. The number of halogens is 2. The summed E-state index contributed by atoms with van der Waals surface area (Å²) >= 11 is 12.4. The smallest absolute Gasteiger partial charge is 0.248 e. The van der Waals surface area contributed by atoms with Crippen molar-refractivity contribution in [2.24, 2.45) is 0 Å². The van der Waals surface area contributed by atoms with E-state index in [1.807, 2.05) is 38.1 Å². The number of benzene rings is 1. The lowest BCUT2D eigenvalue weighted by Crippen LogP contribution is -2.31. The number of rotatable bonds is 7. The van der Waals surface area contributed by atoms with E-state index in [9.17, 15) is 9.90 Å². The number of carbonyl (C=O) groups is 1. The van der Waals surface area contributed by atoms with Crippen LogP contribution in [0.15, 0.2) is 54.3 Å². The molecule has 5 nitrogen and oxygen atoms in total. The predicted molar refractivity (Wildman–Crippen MR) is 118 cm³/mol. The van der Waals surface area contributed by atoms with Crippen molar-refractivity contribution in [2.75, 3.05) is 11.9 Å². The summed E-state index contributed by atoms with van der Waals surface area (Å²) in [6.45, 7) is 3.84. The molecule has 3 N–H and O–H groups in total. The third kappa shape index (κ3) is 5.38. The van der Waals surface area contributed by atoms with Gasteiger partial charge in [-0.3, -0.25) is 4.79 Å². The molecule has 1 heterocycles. The van der Waals surface area contributed by atoms with Crippen LogP contribution in [0.2, 0.25) is 10.0 Å². The van der Waals surface area contributed by atoms with Crippen molar-refractivity contribution < 1.29 is 9.90 Å². The van der Waals surface area contributed by atoms with Crippen molar-refractivity contribution in [2.45, 2.75) is 32.4 Å². The summed E-state index contributed by atoms with van der Waals surface area (Å²) < 4.78 is 0. The summed E-state index contributed by atoms with van der Waals surface area (Å²) in [7, 11) is 0. The number of aliphatic hydroxyl groups is 1. The predicted octanol–water partition coefficient (Wildman–Crippen LogP) is 4.77. The largest absolute Gasteiger partial charge is 0.394 e. The first-order valence-corrected chi connectivity index (χ1v) is 10.1. The molecule has 0 radical (unpaired) electrons. The monoisotopic (exact) mass is 431 g/mol. The Morgan fingerprint density at radius 3 is 2.76 bits per heavy atom. The Bertz CT molecular complexity index is 970. The summed E-state index contributed by atoms with van der Waals surface area (Å²) in [6, 6.07) is 8.68. The van der Waals surface area contributed by atoms with Crippen LogP contribution in [0.25, 0.3) is 5.57 Å². The van der Waals surface area contributed by atoms with Crippen LogP contribution in [0.4, 0.5) is 5.82 Å². The van der Waals surface area contributed by atoms with Gasteiger partial charge in [0.2, 0.25) is 5.91 Å². The standard InChI is InChI=1S/C22H23Cl2N3O2/c1-13(2)26-21-10-18(19(24)11-25-21)14-6-7-16(8-14)22(29)27-20(12-28)15-4-3-5-17(23)9-15/h3-6,8-11,13,20,28H,7,12H2,1-2H3,(H,25,26)(H,27,29)/t20-/m1/s1. The van der Waals surface area contributed by atoms with Crippen LogP contribution in [0.1, 0.15) is 37.4 Å². The highest BCUT2D eigenvalue weighted by Crippen LogP contribution is 2.32. The molecule has 1 aliphatic carbocycles. The maximum Gasteiger partial charge on any atom is 0.248 e. The summed E-state index contributed by atoms with van der Waals surface area (Å²) in [4.78, 5) is 17.0. The molecule has 0 saturated heterocycles. The number of aromatic nitrogens is 1. The first-order chi connectivity index (χ1) is 13.9. The summed E-state index contributed by atoms with van der Waals surface area (Å²) in [6.07, 6.45) is 5.88. The molecule has 152 valence electrons. The fraction of sp³-hybridized carbons (Fsp3) is 0.273. The fourth-order valence-corrected chi connectivity index (χ4v) is 3.53. The number of nitrogens with zero attached hydrogens (tertiary/aromatic N) is 1. The van der Waals surface area contributed by atoms with Crippen LogP contribution in [0, 0.1) is 0 Å². The van der Waals surface area contributed by atoms with Crippen molar-refractivity contribution in [1.82, 2.24) is 10.3 Å². The van der Waals surface area contributed by atoms with E-state index in [0.717, 1.165) is 22.5 Å². The topological polar surface area (TPSA) is 74.2 Å². The summed E-state index contributed by atoms with van der Waals surface area (Å²) in [5.41, 5.74) is 3.05. The number of anilines is 1. The molecule has 0 spiro atoms. The minimum absolute atomic E-state index is 0.222. The van der Waals surface area contributed by atoms with E-state index >= 15 is 0 Å². The van der Waals surface area contributed by atoms with E-state index in [2.05, 4.69) is 15.6 Å². The zero-order chi connectivity index (χ0) is 21.0. The number of hydrogen-bond acceptors (Lipinski definition) is 4. The second-order valence-electron chi connectivity index (χ2n) is 7.15. The van der Waals surface area contributed by atoms with Crippen LogP contribution in [-0.2, 0) is 4.79 Å². The highest BCUT2D eigenvalue weighted by molar-refractivity contribution is 6.32. The maximum atomic E-state index is 12.7. The van der Waals surface area contributed by atoms with Gasteiger partial charge in [0.25, 0.3) is 0 Å². The van der Waals surface area contributed by atoms with Crippen molar-refractivity contribution in [1.29, 1.82) is 0 Å². The van der Waals surface area contributed by atoms with E-state index in [4.69, 9.17) is 23.2 Å². The van der Waals surface area contributed by atoms with Gasteiger partial charge in [0.05, 0.1) is 17.7 Å². The first-order valence-electron chi connectivity index (χ1n) is 9.37. The molecule has 3 rings (SSSR count). The number of pyridine rings is 1. The van der Waals surface area contributed by atoms with Crippen LogP contribution < -0.4 is 10.6 Å². The van der Waals surface area contributed by atoms with Crippen LogP contribution in [0.5, 0.6) is 0 Å². The molecule has 1 aromatic heterocycles. The Balaban J connectivity index is 1.75. The quantitative estimate of drug-likeness (QED) is 0.589. The molecule has 1 amide bonds. The van der Waals surface area contributed by atoms with Crippen molar-refractivity contribution in [3.8, 4) is 0 Å². The molecular weight excluding hydrogens is 409 g/mol. The van der Waals surface area contributed by atoms with Gasteiger partial charge in [0, 0.05) is 28.4 Å². The fourth-order valence-electron chi connectivity index (χ4n) is 3.11. The van der Waals surface area contributed by atoms with Gasteiger partial charge in [-0.1, -0.05) is 41.4 Å². The number of carbonyl (C=O) groups excluding carboxylic acids is 1. The van der Waals surface area contributed by atoms with E-state index < -0.39 is 6.04 Å². The lowest BCUT2D eigenvalue weighted by molar-refractivity contribution is -0.118. The Kier molecular flexibility index (Phi) is 6.96. The summed E-state index contributed by atoms with van der Waals surface area (Å²) in [5.74, 6) is 0.494. The Hall–Kier alpha value is -2.34. The van der Waals surface area contributed by atoms with Crippen molar-refractivity contribution in [3.05, 3.63) is 75.4 Å². The minimum atomic E-state index is -0.530. The van der Waals surface area contributed by atoms with Crippen molar-refractivity contribution >= 4 is 40.5 Å². The second kappa shape index (κ2) is 9.44. The number of aliphatic hydroxyl groups excluding tert-OH is 1. The molecule has 2 aromatic rings. The molecule has 0 bridgehead atoms. The van der Waals surface area contributed by atoms with E-state index in [1.165, 1.54) is 0 Å². The molecule has 29 heavy (non-hydrogen) atoms. The molecule has 1 atom stereocenters. The Morgan fingerprint density at radius 2 is 2.07 bits per heavy atom. The average molecular weight is 432 g/mol. The highest BCUT2D eigenvalue weighted by atomic mass is 35.5. The number of hydrogen-bond donors (Lipinski definition) is 3. The van der Waals surface area contributed by atoms with Gasteiger partial charge in [-0.05, 0) is 55.7 Å².